The van der Waals surface area contributed by atoms with Gasteiger partial charge in [-0.25, -0.2) is 0 Å². The maximum absolute atomic E-state index is 11.2. The monoisotopic (exact) mass is 295 g/mol. The second kappa shape index (κ2) is 9.37. The van der Waals surface area contributed by atoms with Crippen molar-refractivity contribution in [1.29, 1.82) is 0 Å². The summed E-state index contributed by atoms with van der Waals surface area (Å²) in [7, 11) is 1.63. The van der Waals surface area contributed by atoms with Crippen LogP contribution in [0, 0.1) is 5.92 Å². The molecule has 0 spiro atoms. The molecule has 0 radical (unpaired) electrons. The Hall–Kier alpha value is -1.59. The first-order valence-corrected chi connectivity index (χ1v) is 7.19. The molecule has 0 bridgehead atoms. The van der Waals surface area contributed by atoms with Gasteiger partial charge < -0.3 is 19.9 Å². The summed E-state index contributed by atoms with van der Waals surface area (Å²) in [6.07, 6.45) is 0.619. The van der Waals surface area contributed by atoms with E-state index >= 15 is 0 Å². The zero-order valence-corrected chi connectivity index (χ0v) is 13.0. The minimum Gasteiger partial charge on any atom is -0.491 e. The number of carboxylic acids is 1. The normalized spacial score (nSPS) is 12.4. The number of carboxylic acid groups (broad SMARTS) is 1. The van der Waals surface area contributed by atoms with Crippen molar-refractivity contribution in [1.82, 2.24) is 5.32 Å². The van der Waals surface area contributed by atoms with Crippen molar-refractivity contribution in [2.24, 2.45) is 5.92 Å². The average molecular weight is 295 g/mol. The molecule has 0 amide bonds. The Kier molecular flexibility index (Phi) is 7.79. The third kappa shape index (κ3) is 7.11. The molecule has 118 valence electrons. The molecule has 1 aromatic rings. The van der Waals surface area contributed by atoms with Gasteiger partial charge in [0.05, 0.1) is 6.61 Å². The average Bonchev–Trinajstić information content (AvgIpc) is 2.44. The number of methoxy groups -OCH3 is 1. The second-order valence-electron chi connectivity index (χ2n) is 5.39. The molecule has 1 atom stereocenters. The van der Waals surface area contributed by atoms with Crippen LogP contribution in [-0.4, -0.2) is 37.4 Å². The van der Waals surface area contributed by atoms with Gasteiger partial charge in [-0.15, -0.1) is 0 Å². The van der Waals surface area contributed by atoms with Gasteiger partial charge in [-0.05, 0) is 30.0 Å². The fourth-order valence-electron chi connectivity index (χ4n) is 1.93. The highest BCUT2D eigenvalue weighted by atomic mass is 16.5. The summed E-state index contributed by atoms with van der Waals surface area (Å²) in [5, 5.41) is 12.2. The molecular weight excluding hydrogens is 270 g/mol. The van der Waals surface area contributed by atoms with Crippen LogP contribution in [0.3, 0.4) is 0 Å². The molecule has 0 aliphatic rings. The molecule has 0 heterocycles. The van der Waals surface area contributed by atoms with Crippen LogP contribution < -0.4 is 10.1 Å². The van der Waals surface area contributed by atoms with E-state index in [2.05, 4.69) is 5.32 Å². The zero-order valence-electron chi connectivity index (χ0n) is 13.0. The van der Waals surface area contributed by atoms with E-state index in [4.69, 9.17) is 9.47 Å². The molecule has 0 saturated carbocycles. The fraction of sp³-hybridized carbons (Fsp3) is 0.562. The van der Waals surface area contributed by atoms with E-state index in [9.17, 15) is 9.90 Å². The van der Waals surface area contributed by atoms with Crippen LogP contribution in [0.2, 0.25) is 0 Å². The van der Waals surface area contributed by atoms with Gasteiger partial charge in [0.1, 0.15) is 18.4 Å². The number of carbonyl (C=O) groups is 1. The Labute approximate surface area is 126 Å². The van der Waals surface area contributed by atoms with Gasteiger partial charge in [-0.2, -0.15) is 0 Å². The van der Waals surface area contributed by atoms with E-state index in [1.54, 1.807) is 7.11 Å². The van der Waals surface area contributed by atoms with Gasteiger partial charge in [-0.1, -0.05) is 26.0 Å². The second-order valence-corrected chi connectivity index (χ2v) is 5.39. The first kappa shape index (κ1) is 17.5. The largest absolute Gasteiger partial charge is 0.491 e. The van der Waals surface area contributed by atoms with Crippen LogP contribution in [0.4, 0.5) is 0 Å². The zero-order chi connectivity index (χ0) is 15.7. The van der Waals surface area contributed by atoms with Gasteiger partial charge in [0.15, 0.2) is 0 Å². The van der Waals surface area contributed by atoms with Crippen molar-refractivity contribution in [2.75, 3.05) is 20.3 Å². The van der Waals surface area contributed by atoms with Gasteiger partial charge in [0.25, 0.3) is 0 Å². The van der Waals surface area contributed by atoms with E-state index in [1.165, 1.54) is 0 Å². The first-order valence-electron chi connectivity index (χ1n) is 7.19. The predicted octanol–water partition coefficient (Wildman–Crippen LogP) is 2.30. The van der Waals surface area contributed by atoms with Crippen LogP contribution in [0.25, 0.3) is 0 Å². The van der Waals surface area contributed by atoms with Crippen molar-refractivity contribution in [3.8, 4) is 5.75 Å². The minimum absolute atomic E-state index is 0.343. The minimum atomic E-state index is -0.803. The Morgan fingerprint density at radius 1 is 1.24 bits per heavy atom. The summed E-state index contributed by atoms with van der Waals surface area (Å²) in [5.41, 5.74) is 1.03. The standard InChI is InChI=1S/C16H25NO4/c1-12(2)10-15(16(18)19)17-11-13-4-6-14(7-5-13)21-9-8-20-3/h4-7,12,15,17H,8-11H2,1-3H3,(H,18,19)/t15-/m0/s1. The van der Waals surface area contributed by atoms with Crippen LogP contribution in [0.5, 0.6) is 5.75 Å². The smallest absolute Gasteiger partial charge is 0.320 e. The third-order valence-corrected chi connectivity index (χ3v) is 3.04. The summed E-state index contributed by atoms with van der Waals surface area (Å²) in [6.45, 7) is 5.64. The summed E-state index contributed by atoms with van der Waals surface area (Å²) >= 11 is 0. The fourth-order valence-corrected chi connectivity index (χ4v) is 1.93. The number of benzene rings is 1. The van der Waals surface area contributed by atoms with Gasteiger partial charge in [0.2, 0.25) is 0 Å². The lowest BCUT2D eigenvalue weighted by molar-refractivity contribution is -0.140. The molecule has 0 unspecified atom stereocenters. The Balaban J connectivity index is 2.45. The molecule has 2 N–H and O–H groups in total. The number of nitrogens with one attached hydrogen (secondary N) is 1. The summed E-state index contributed by atoms with van der Waals surface area (Å²) in [6, 6.07) is 7.12. The molecule has 0 aliphatic heterocycles. The highest BCUT2D eigenvalue weighted by Gasteiger charge is 2.17. The third-order valence-electron chi connectivity index (χ3n) is 3.04. The van der Waals surface area contributed by atoms with Crippen molar-refractivity contribution >= 4 is 5.97 Å². The van der Waals surface area contributed by atoms with Gasteiger partial charge in [0, 0.05) is 13.7 Å². The Morgan fingerprint density at radius 3 is 2.43 bits per heavy atom. The van der Waals surface area contributed by atoms with E-state index < -0.39 is 12.0 Å². The number of aliphatic carboxylic acids is 1. The van der Waals surface area contributed by atoms with Crippen molar-refractivity contribution in [3.63, 3.8) is 0 Å². The molecular formula is C16H25NO4. The van der Waals surface area contributed by atoms with Crippen molar-refractivity contribution in [2.45, 2.75) is 32.9 Å². The maximum atomic E-state index is 11.2. The van der Waals surface area contributed by atoms with Gasteiger partial charge >= 0.3 is 5.97 Å². The molecule has 1 rings (SSSR count). The van der Waals surface area contributed by atoms with Gasteiger partial charge in [-0.3, -0.25) is 4.79 Å². The predicted molar refractivity (Wildman–Crippen MR) is 81.5 cm³/mol. The molecule has 0 aliphatic carbocycles. The summed E-state index contributed by atoms with van der Waals surface area (Å²) in [4.78, 5) is 11.2. The lowest BCUT2D eigenvalue weighted by atomic mass is 10.0. The van der Waals surface area contributed by atoms with E-state index in [-0.39, 0.29) is 0 Å². The lowest BCUT2D eigenvalue weighted by Crippen LogP contribution is -2.37. The highest BCUT2D eigenvalue weighted by molar-refractivity contribution is 5.73. The van der Waals surface area contributed by atoms with Crippen LogP contribution in [0.15, 0.2) is 24.3 Å². The SMILES string of the molecule is COCCOc1ccc(CN[C@@H](CC(C)C)C(=O)O)cc1. The first-order chi connectivity index (χ1) is 10.0. The molecule has 0 aromatic heterocycles. The number of hydrogen-bond donors (Lipinski definition) is 2. The molecule has 1 aromatic carbocycles. The van der Waals surface area contributed by atoms with Crippen LogP contribution >= 0.6 is 0 Å². The molecule has 0 saturated heterocycles. The Bertz CT molecular complexity index is 417. The number of ether oxygens (including phenoxy) is 2. The number of hydrogen-bond acceptors (Lipinski definition) is 4. The summed E-state index contributed by atoms with van der Waals surface area (Å²) < 4.78 is 10.4. The van der Waals surface area contributed by atoms with Crippen molar-refractivity contribution in [3.05, 3.63) is 29.8 Å². The number of rotatable bonds is 10. The highest BCUT2D eigenvalue weighted by Crippen LogP contribution is 2.13. The summed E-state index contributed by atoms with van der Waals surface area (Å²) in [5.74, 6) is 0.325. The molecule has 5 nitrogen and oxygen atoms in total. The van der Waals surface area contributed by atoms with Crippen LogP contribution in [0.1, 0.15) is 25.8 Å². The van der Waals surface area contributed by atoms with E-state index in [1.807, 2.05) is 38.1 Å². The lowest BCUT2D eigenvalue weighted by Gasteiger charge is -2.16. The van der Waals surface area contributed by atoms with E-state index in [0.717, 1.165) is 11.3 Å². The topological polar surface area (TPSA) is 67.8 Å². The quantitative estimate of drug-likeness (QED) is 0.648. The maximum Gasteiger partial charge on any atom is 0.320 e. The van der Waals surface area contributed by atoms with Crippen LogP contribution in [-0.2, 0) is 16.1 Å². The molecule has 5 heteroatoms. The molecule has 21 heavy (non-hydrogen) atoms. The van der Waals surface area contributed by atoms with Crippen molar-refractivity contribution < 1.29 is 19.4 Å². The Morgan fingerprint density at radius 2 is 1.90 bits per heavy atom. The molecule has 0 fully saturated rings. The van der Waals surface area contributed by atoms with E-state index in [0.29, 0.717) is 32.1 Å².